The molecule has 106 valence electrons. The molecule has 19 heavy (non-hydrogen) atoms. The van der Waals surface area contributed by atoms with Gasteiger partial charge < -0.3 is 5.32 Å². The molecule has 0 aromatic heterocycles. The maximum absolute atomic E-state index is 14.0. The van der Waals surface area contributed by atoms with Crippen LogP contribution in [-0.2, 0) is 0 Å². The first-order valence-corrected chi connectivity index (χ1v) is 6.98. The molecule has 0 saturated carbocycles. The lowest BCUT2D eigenvalue weighted by Crippen LogP contribution is -2.45. The largest absolute Gasteiger partial charge is 0.314 e. The molecule has 2 rings (SSSR count). The first kappa shape index (κ1) is 14.4. The van der Waals surface area contributed by atoms with Gasteiger partial charge in [0.05, 0.1) is 0 Å². The van der Waals surface area contributed by atoms with Crippen LogP contribution in [0.1, 0.15) is 31.9 Å². The molecule has 1 N–H and O–H groups in total. The van der Waals surface area contributed by atoms with Crippen LogP contribution in [0.5, 0.6) is 0 Å². The molecule has 1 aliphatic rings. The van der Waals surface area contributed by atoms with E-state index in [1.807, 2.05) is 0 Å². The van der Waals surface area contributed by atoms with E-state index in [1.54, 1.807) is 0 Å². The second kappa shape index (κ2) is 6.44. The fourth-order valence-corrected chi connectivity index (χ4v) is 2.72. The molecule has 1 heterocycles. The number of halogens is 2. The van der Waals surface area contributed by atoms with Crippen molar-refractivity contribution >= 4 is 0 Å². The molecule has 0 amide bonds. The predicted octanol–water partition coefficient (Wildman–Crippen LogP) is 2.96. The first-order chi connectivity index (χ1) is 9.09. The molecule has 1 atom stereocenters. The second-order valence-electron chi connectivity index (χ2n) is 5.57. The van der Waals surface area contributed by atoms with Gasteiger partial charge in [-0.3, -0.25) is 4.90 Å². The van der Waals surface area contributed by atoms with Crippen molar-refractivity contribution in [3.05, 3.63) is 35.4 Å². The Labute approximate surface area is 113 Å². The Bertz CT molecular complexity index is 394. The van der Waals surface area contributed by atoms with Crippen molar-refractivity contribution in [2.45, 2.75) is 26.3 Å². The van der Waals surface area contributed by atoms with Gasteiger partial charge in [-0.1, -0.05) is 19.9 Å². The van der Waals surface area contributed by atoms with Gasteiger partial charge in [-0.15, -0.1) is 0 Å². The normalized spacial score (nSPS) is 18.8. The summed E-state index contributed by atoms with van der Waals surface area (Å²) in [6, 6.07) is 3.98. The van der Waals surface area contributed by atoms with Crippen LogP contribution in [0.4, 0.5) is 8.78 Å². The third-order valence-electron chi connectivity index (χ3n) is 3.62. The summed E-state index contributed by atoms with van der Waals surface area (Å²) in [5.41, 5.74) is 0.234. The number of nitrogens with zero attached hydrogens (tertiary/aromatic N) is 1. The third kappa shape index (κ3) is 3.51. The third-order valence-corrected chi connectivity index (χ3v) is 3.62. The molecular weight excluding hydrogens is 246 g/mol. The molecule has 4 heteroatoms. The van der Waals surface area contributed by atoms with Crippen molar-refractivity contribution in [1.29, 1.82) is 0 Å². The van der Waals surface area contributed by atoms with Gasteiger partial charge in [0.25, 0.3) is 0 Å². The fraction of sp³-hybridized carbons (Fsp3) is 0.600. The highest BCUT2D eigenvalue weighted by Gasteiger charge is 2.27. The van der Waals surface area contributed by atoms with Crippen molar-refractivity contribution in [2.75, 3.05) is 26.2 Å². The average molecular weight is 268 g/mol. The molecule has 0 radical (unpaired) electrons. The van der Waals surface area contributed by atoms with Crippen molar-refractivity contribution in [2.24, 2.45) is 5.92 Å². The van der Waals surface area contributed by atoms with Crippen LogP contribution in [0.25, 0.3) is 0 Å². The number of hydrogen-bond acceptors (Lipinski definition) is 2. The maximum Gasteiger partial charge on any atom is 0.130 e. The highest BCUT2D eigenvalue weighted by molar-refractivity contribution is 5.23. The average Bonchev–Trinajstić information content (AvgIpc) is 2.38. The van der Waals surface area contributed by atoms with E-state index in [-0.39, 0.29) is 11.6 Å². The van der Waals surface area contributed by atoms with Gasteiger partial charge in [-0.2, -0.15) is 0 Å². The van der Waals surface area contributed by atoms with E-state index >= 15 is 0 Å². The Morgan fingerprint density at radius 3 is 2.26 bits per heavy atom. The molecular formula is C15H22F2N2. The van der Waals surface area contributed by atoms with E-state index < -0.39 is 11.6 Å². The van der Waals surface area contributed by atoms with Crippen molar-refractivity contribution in [3.63, 3.8) is 0 Å². The zero-order valence-electron chi connectivity index (χ0n) is 11.6. The summed E-state index contributed by atoms with van der Waals surface area (Å²) in [6.45, 7) is 7.62. The van der Waals surface area contributed by atoms with Crippen molar-refractivity contribution in [3.8, 4) is 0 Å². The first-order valence-electron chi connectivity index (χ1n) is 6.98. The molecule has 0 unspecified atom stereocenters. The minimum atomic E-state index is -0.427. The number of piperazine rings is 1. The van der Waals surface area contributed by atoms with E-state index in [0.717, 1.165) is 32.6 Å². The fourth-order valence-electron chi connectivity index (χ4n) is 2.72. The topological polar surface area (TPSA) is 15.3 Å². The monoisotopic (exact) mass is 268 g/mol. The standard InChI is InChI=1S/C15H22F2N2/c1-11(2)10-14(19-8-6-18-7-9-19)15-12(16)4-3-5-13(15)17/h3-5,11,14,18H,6-10H2,1-2H3/t14-/m0/s1. The van der Waals surface area contributed by atoms with Gasteiger partial charge in [0, 0.05) is 37.8 Å². The Kier molecular flexibility index (Phi) is 4.88. The highest BCUT2D eigenvalue weighted by atomic mass is 19.1. The summed E-state index contributed by atoms with van der Waals surface area (Å²) in [4.78, 5) is 2.19. The van der Waals surface area contributed by atoms with E-state index in [4.69, 9.17) is 0 Å². The van der Waals surface area contributed by atoms with Crippen LogP contribution in [0, 0.1) is 17.6 Å². The summed E-state index contributed by atoms with van der Waals surface area (Å²) in [5, 5.41) is 3.27. The van der Waals surface area contributed by atoms with Crippen molar-refractivity contribution in [1.82, 2.24) is 10.2 Å². The number of nitrogens with one attached hydrogen (secondary N) is 1. The molecule has 0 spiro atoms. The number of rotatable bonds is 4. The number of hydrogen-bond donors (Lipinski definition) is 1. The summed E-state index contributed by atoms with van der Waals surface area (Å²) in [6.07, 6.45) is 0.776. The van der Waals surface area contributed by atoms with Gasteiger partial charge in [-0.25, -0.2) is 8.78 Å². The lowest BCUT2D eigenvalue weighted by molar-refractivity contribution is 0.147. The van der Waals surface area contributed by atoms with Gasteiger partial charge >= 0.3 is 0 Å². The van der Waals surface area contributed by atoms with Gasteiger partial charge in [0.15, 0.2) is 0 Å². The lowest BCUT2D eigenvalue weighted by atomic mass is 9.94. The molecule has 1 aliphatic heterocycles. The lowest BCUT2D eigenvalue weighted by Gasteiger charge is -2.36. The summed E-state index contributed by atoms with van der Waals surface area (Å²) >= 11 is 0. The minimum Gasteiger partial charge on any atom is -0.314 e. The minimum absolute atomic E-state index is 0.164. The van der Waals surface area contributed by atoms with Gasteiger partial charge in [0.1, 0.15) is 11.6 Å². The van der Waals surface area contributed by atoms with Gasteiger partial charge in [-0.05, 0) is 24.5 Å². The second-order valence-corrected chi connectivity index (χ2v) is 5.57. The maximum atomic E-state index is 14.0. The Balaban J connectivity index is 2.30. The summed E-state index contributed by atoms with van der Waals surface area (Å²) in [5.74, 6) is -0.452. The molecule has 1 aromatic rings. The van der Waals surface area contributed by atoms with Crippen LogP contribution in [0.2, 0.25) is 0 Å². The van der Waals surface area contributed by atoms with Crippen LogP contribution in [0.15, 0.2) is 18.2 Å². The molecule has 0 bridgehead atoms. The quantitative estimate of drug-likeness (QED) is 0.903. The number of benzene rings is 1. The zero-order valence-corrected chi connectivity index (χ0v) is 11.6. The van der Waals surface area contributed by atoms with Crippen LogP contribution in [-0.4, -0.2) is 31.1 Å². The summed E-state index contributed by atoms with van der Waals surface area (Å²) < 4.78 is 28.0. The van der Waals surface area contributed by atoms with E-state index in [9.17, 15) is 8.78 Å². The summed E-state index contributed by atoms with van der Waals surface area (Å²) in [7, 11) is 0. The van der Waals surface area contributed by atoms with Gasteiger partial charge in [0.2, 0.25) is 0 Å². The molecule has 1 aromatic carbocycles. The van der Waals surface area contributed by atoms with Crippen LogP contribution >= 0.6 is 0 Å². The van der Waals surface area contributed by atoms with E-state index in [1.165, 1.54) is 18.2 Å². The predicted molar refractivity (Wildman–Crippen MR) is 73.0 cm³/mol. The molecule has 1 fully saturated rings. The molecule has 1 saturated heterocycles. The molecule has 2 nitrogen and oxygen atoms in total. The zero-order chi connectivity index (χ0) is 13.8. The van der Waals surface area contributed by atoms with E-state index in [2.05, 4.69) is 24.1 Å². The van der Waals surface area contributed by atoms with Crippen LogP contribution in [0.3, 0.4) is 0 Å². The highest BCUT2D eigenvalue weighted by Crippen LogP contribution is 2.31. The smallest absolute Gasteiger partial charge is 0.130 e. The van der Waals surface area contributed by atoms with Crippen molar-refractivity contribution < 1.29 is 8.78 Å². The SMILES string of the molecule is CC(C)C[C@@H](c1c(F)cccc1F)N1CCNCC1. The Morgan fingerprint density at radius 2 is 1.74 bits per heavy atom. The molecule has 0 aliphatic carbocycles. The van der Waals surface area contributed by atoms with Crippen LogP contribution < -0.4 is 5.32 Å². The van der Waals surface area contributed by atoms with E-state index in [0.29, 0.717) is 5.92 Å². The Hall–Kier alpha value is -1.00. The Morgan fingerprint density at radius 1 is 1.16 bits per heavy atom.